The Balaban J connectivity index is 0.000000301. The predicted molar refractivity (Wildman–Crippen MR) is 91.7 cm³/mol. The lowest BCUT2D eigenvalue weighted by molar-refractivity contribution is -0.419. The van der Waals surface area contributed by atoms with E-state index in [-0.39, 0.29) is 0 Å². The van der Waals surface area contributed by atoms with Crippen LogP contribution < -0.4 is 0 Å². The Morgan fingerprint density at radius 2 is 1.15 bits per heavy atom. The molecule has 2 saturated carbocycles. The number of allylic oxidation sites excluding steroid dienone is 2. The van der Waals surface area contributed by atoms with Gasteiger partial charge in [0.25, 0.3) is 7.11 Å². The normalized spacial score (nSPS) is 37.1. The van der Waals surface area contributed by atoms with E-state index in [1.54, 1.807) is 11.1 Å². The van der Waals surface area contributed by atoms with Gasteiger partial charge in [-0.1, -0.05) is 0 Å². The molecule has 6 aliphatic carbocycles. The molecule has 6 rings (SSSR count). The highest BCUT2D eigenvalue weighted by molar-refractivity contribution is 6.50. The molecule has 6 aliphatic rings. The summed E-state index contributed by atoms with van der Waals surface area (Å²) in [5.74, 6) is 4.18. The number of ketones is 1. The number of carbonyl (C=O) groups excluding carboxylic acids is 1. The van der Waals surface area contributed by atoms with Gasteiger partial charge in [-0.25, -0.2) is 0 Å². The van der Waals surface area contributed by atoms with Crippen molar-refractivity contribution in [3.05, 3.63) is 28.4 Å². The van der Waals surface area contributed by atoms with E-state index in [2.05, 4.69) is 0 Å². The van der Waals surface area contributed by atoms with Crippen molar-refractivity contribution in [2.45, 2.75) is 44.9 Å². The molecule has 0 amide bonds. The summed E-state index contributed by atoms with van der Waals surface area (Å²) >= 11 is 0. The summed E-state index contributed by atoms with van der Waals surface area (Å²) in [6, 6.07) is 0. The fourth-order valence-corrected chi connectivity index (χ4v) is 6.02. The number of hydrogen-bond donors (Lipinski definition) is 0. The maximum atomic E-state index is 9.75. The molecule has 26 heavy (non-hydrogen) atoms. The van der Waals surface area contributed by atoms with Gasteiger partial charge in [-0.2, -0.15) is 0 Å². The second-order valence-corrected chi connectivity index (χ2v) is 7.97. The fraction of sp³-hybridized carbons (Fsp3) is 0.684. The topological polar surface area (TPSA) is 20.5 Å². The van der Waals surface area contributed by atoms with E-state index in [0.717, 1.165) is 23.7 Å². The minimum atomic E-state index is -6.00. The molecule has 2 atom stereocenters. The molecular weight excluding hydrogens is 347 g/mol. The van der Waals surface area contributed by atoms with Crippen molar-refractivity contribution >= 4 is 13.0 Å². The van der Waals surface area contributed by atoms with E-state index in [0.29, 0.717) is 0 Å². The largest absolute Gasteiger partial charge is 0.673 e. The average Bonchev–Trinajstić information content (AvgIpc) is 3.21. The Bertz CT molecular complexity index is 680. The van der Waals surface area contributed by atoms with Crippen molar-refractivity contribution in [1.82, 2.24) is 0 Å². The molecule has 2 nitrogen and oxygen atoms in total. The van der Waals surface area contributed by atoms with Crippen molar-refractivity contribution in [3.63, 3.8) is 0 Å². The van der Waals surface area contributed by atoms with Gasteiger partial charge in [-0.3, -0.25) is 4.42 Å². The molecule has 0 N–H and O–H groups in total. The summed E-state index contributed by atoms with van der Waals surface area (Å²) < 4.78 is 51.0. The van der Waals surface area contributed by atoms with E-state index in [1.165, 1.54) is 68.0 Å². The van der Waals surface area contributed by atoms with Gasteiger partial charge >= 0.3 is 13.0 Å². The molecule has 143 valence electrons. The van der Waals surface area contributed by atoms with Crippen LogP contribution in [0.2, 0.25) is 0 Å². The van der Waals surface area contributed by atoms with Gasteiger partial charge in [0.05, 0.1) is 11.1 Å². The zero-order chi connectivity index (χ0) is 18.6. The van der Waals surface area contributed by atoms with E-state index in [1.807, 2.05) is 14.2 Å². The van der Waals surface area contributed by atoms with Crippen LogP contribution in [0.5, 0.6) is 0 Å². The number of hydrogen-bond acceptors (Lipinski definition) is 1. The van der Waals surface area contributed by atoms with Crippen molar-refractivity contribution in [3.8, 4) is 0 Å². The molecular formula is C19H24BF4O2. The van der Waals surface area contributed by atoms with E-state index in [9.17, 15) is 17.3 Å². The Labute approximate surface area is 151 Å². The molecule has 0 aromatic heterocycles. The average molecular weight is 371 g/mol. The molecule has 0 saturated heterocycles. The Kier molecular flexibility index (Phi) is 4.57. The zero-order valence-electron chi connectivity index (χ0n) is 15.2. The number of methoxy groups -OCH3 is 1. The summed E-state index contributed by atoms with van der Waals surface area (Å²) in [5, 5.41) is 0. The van der Waals surface area contributed by atoms with Gasteiger partial charge in [-0.15, -0.1) is 0 Å². The second kappa shape index (κ2) is 6.50. The second-order valence-electron chi connectivity index (χ2n) is 7.97. The highest BCUT2D eigenvalue weighted by atomic mass is 19.5. The molecule has 1 radical (unpaired) electrons. The van der Waals surface area contributed by atoms with Crippen molar-refractivity contribution in [2.24, 2.45) is 23.7 Å². The lowest BCUT2D eigenvalue weighted by atomic mass is 9.60. The third kappa shape index (κ3) is 2.86. The highest BCUT2D eigenvalue weighted by Gasteiger charge is 2.56. The Hall–Kier alpha value is -1.11. The molecule has 0 spiro atoms. The quantitative estimate of drug-likeness (QED) is 0.359. The lowest BCUT2D eigenvalue weighted by Gasteiger charge is -2.44. The fourth-order valence-electron chi connectivity index (χ4n) is 6.02. The van der Waals surface area contributed by atoms with Crippen LogP contribution in [0.1, 0.15) is 44.9 Å². The first-order chi connectivity index (χ1) is 12.3. The maximum absolute atomic E-state index is 9.75. The number of ether oxygens (including phenoxy) is 1. The first-order valence-corrected chi connectivity index (χ1v) is 9.52. The summed E-state index contributed by atoms with van der Waals surface area (Å²) in [7, 11) is -2.23. The highest BCUT2D eigenvalue weighted by Crippen LogP contribution is 2.61. The van der Waals surface area contributed by atoms with Crippen LogP contribution in [-0.4, -0.2) is 27.3 Å². The van der Waals surface area contributed by atoms with E-state index < -0.39 is 7.25 Å². The summed E-state index contributed by atoms with van der Waals surface area (Å²) in [6.07, 6.45) is 10.7. The molecule has 0 aromatic rings. The van der Waals surface area contributed by atoms with Crippen LogP contribution in [0.25, 0.3) is 0 Å². The molecule has 7 heteroatoms. The van der Waals surface area contributed by atoms with Gasteiger partial charge in [-0.05, 0) is 79.8 Å². The molecule has 0 unspecified atom stereocenters. The Morgan fingerprint density at radius 1 is 0.769 bits per heavy atom. The van der Waals surface area contributed by atoms with Gasteiger partial charge in [0.1, 0.15) is 6.10 Å². The van der Waals surface area contributed by atoms with Gasteiger partial charge in [0, 0.05) is 7.11 Å². The number of halogens is 4. The van der Waals surface area contributed by atoms with E-state index in [4.69, 9.17) is 9.16 Å². The van der Waals surface area contributed by atoms with Crippen molar-refractivity contribution < 1.29 is 26.4 Å². The van der Waals surface area contributed by atoms with E-state index >= 15 is 0 Å². The van der Waals surface area contributed by atoms with Crippen LogP contribution in [0.3, 0.4) is 0 Å². The third-order valence-electron chi connectivity index (χ3n) is 6.76. The summed E-state index contributed by atoms with van der Waals surface area (Å²) in [6.45, 7) is 0. The Morgan fingerprint density at radius 3 is 1.65 bits per heavy atom. The standard InChI is InChI=1S/C19H24O2.BF4/c1-20-18-14-10-3-5-11(6-4-10)15(14)19(21-2)17-13-8-7-12(9-13)16(17)18;2-1(3,4)5/h10-13H,3-9H2,1-2H3;/q+1;-1/t10?,11?,12-,13+;. The number of fused-ring (bicyclic) bond motifs is 6. The van der Waals surface area contributed by atoms with Gasteiger partial charge in [0.15, 0.2) is 0 Å². The van der Waals surface area contributed by atoms with Gasteiger partial charge in [0.2, 0.25) is 0 Å². The lowest BCUT2D eigenvalue weighted by Crippen LogP contribution is -2.39. The van der Waals surface area contributed by atoms with Crippen LogP contribution in [-0.2, 0) is 9.16 Å². The molecule has 4 bridgehead atoms. The summed E-state index contributed by atoms with van der Waals surface area (Å²) in [5.41, 5.74) is 6.17. The van der Waals surface area contributed by atoms with Gasteiger partial charge < -0.3 is 22.0 Å². The van der Waals surface area contributed by atoms with Crippen LogP contribution in [0.15, 0.2) is 22.3 Å². The number of rotatable bonds is 1. The molecule has 0 heterocycles. The van der Waals surface area contributed by atoms with Crippen molar-refractivity contribution in [2.75, 3.05) is 14.2 Å². The first kappa shape index (κ1) is 18.3. The smallest absolute Gasteiger partial charge is 0.418 e. The zero-order valence-corrected chi connectivity index (χ0v) is 15.2. The monoisotopic (exact) mass is 371 g/mol. The first-order valence-electron chi connectivity index (χ1n) is 9.52. The third-order valence-corrected chi connectivity index (χ3v) is 6.76. The SMILES string of the molecule is CO[C]1C2=C(C(=[O+]C)C3=C1[C@@H]1CC[C@H]3C1)C1CCC2CC1.F[B-](F)(F)F. The van der Waals surface area contributed by atoms with Crippen LogP contribution >= 0.6 is 0 Å². The minimum absolute atomic E-state index is 0.721. The predicted octanol–water partition coefficient (Wildman–Crippen LogP) is 5.06. The van der Waals surface area contributed by atoms with Crippen LogP contribution in [0.4, 0.5) is 17.3 Å². The minimum Gasteiger partial charge on any atom is -0.418 e. The molecule has 0 aliphatic heterocycles. The maximum Gasteiger partial charge on any atom is 0.673 e. The summed E-state index contributed by atoms with van der Waals surface area (Å²) in [4.78, 5) is 0. The molecule has 2 fully saturated rings. The van der Waals surface area contributed by atoms with Crippen molar-refractivity contribution in [1.29, 1.82) is 0 Å². The van der Waals surface area contributed by atoms with Crippen LogP contribution in [0, 0.1) is 29.8 Å². The molecule has 0 aromatic carbocycles.